The van der Waals surface area contributed by atoms with E-state index in [0.29, 0.717) is 24.9 Å². The predicted molar refractivity (Wildman–Crippen MR) is 101 cm³/mol. The van der Waals surface area contributed by atoms with Crippen LogP contribution < -0.4 is 16.0 Å². The van der Waals surface area contributed by atoms with Gasteiger partial charge in [-0.25, -0.2) is 4.98 Å². The minimum atomic E-state index is -2.24. The van der Waals surface area contributed by atoms with E-state index in [1.165, 1.54) is 0 Å². The molecule has 0 unspecified atom stereocenters. The Bertz CT molecular complexity index is 728. The Morgan fingerprint density at radius 1 is 1.16 bits per heavy atom. The van der Waals surface area contributed by atoms with Crippen molar-refractivity contribution in [3.05, 3.63) is 49.9 Å². The quantitative estimate of drug-likeness (QED) is 0.297. The molecule has 8 heteroatoms. The minimum absolute atomic E-state index is 0. The first-order chi connectivity index (χ1) is 11.3. The number of benzene rings is 1. The molecule has 1 aromatic heterocycles. The first-order valence-corrected chi connectivity index (χ1v) is 10.3. The van der Waals surface area contributed by atoms with E-state index < -0.39 is 7.14 Å². The standard InChI is InChI=1S/C17H24N5OP.U/c1-6-22(7-2)21-16-13(3)12-18-17(20-16)19-14-8-10-15(11-9-14)24(4,5)23;/h8-12H,1-2,6-7H2,3-5H3,(H2,18,19,20,21);/q-2;+2. The first-order valence-electron chi connectivity index (χ1n) is 7.70. The number of hydrogen-bond acceptors (Lipinski definition) is 6. The molecule has 2 N–H and O–H groups in total. The maximum Gasteiger partial charge on any atom is 2.00 e. The number of rotatable bonds is 7. The van der Waals surface area contributed by atoms with Gasteiger partial charge in [0.25, 0.3) is 0 Å². The molecular weight excluding hydrogens is 559 g/mol. The molecule has 0 amide bonds. The van der Waals surface area contributed by atoms with Gasteiger partial charge in [-0.15, -0.1) is 13.1 Å². The molecule has 0 aliphatic carbocycles. The Morgan fingerprint density at radius 3 is 2.28 bits per heavy atom. The van der Waals surface area contributed by atoms with Crippen LogP contribution in [0.4, 0.5) is 17.5 Å². The summed E-state index contributed by atoms with van der Waals surface area (Å²) in [6, 6.07) is 7.49. The summed E-state index contributed by atoms with van der Waals surface area (Å²) in [5.41, 5.74) is 4.95. The predicted octanol–water partition coefficient (Wildman–Crippen LogP) is 3.07. The Balaban J connectivity index is 0.00000312. The van der Waals surface area contributed by atoms with Crippen LogP contribution in [0.3, 0.4) is 0 Å². The number of nitrogens with one attached hydrogen (secondary N) is 2. The smallest absolute Gasteiger partial charge is 0.328 e. The largest absolute Gasteiger partial charge is 2.00 e. The van der Waals surface area contributed by atoms with Crippen molar-refractivity contribution in [2.45, 2.75) is 6.92 Å². The SMILES string of the molecule is [CH2-]CN(C[CH2-])Nc1nc(Nc2ccc(P(C)(C)=O)cc2)ncc1C.[U+2]. The van der Waals surface area contributed by atoms with Gasteiger partial charge in [-0.2, -0.15) is 4.98 Å². The monoisotopic (exact) mass is 583 g/mol. The fourth-order valence-corrected chi connectivity index (χ4v) is 2.89. The third-order valence-electron chi connectivity index (χ3n) is 3.52. The molecule has 6 nitrogen and oxygen atoms in total. The zero-order chi connectivity index (χ0) is 17.7. The third-order valence-corrected chi connectivity index (χ3v) is 5.06. The second kappa shape index (κ2) is 9.73. The van der Waals surface area contributed by atoms with E-state index in [2.05, 4.69) is 34.6 Å². The second-order valence-corrected chi connectivity index (χ2v) is 9.06. The van der Waals surface area contributed by atoms with Gasteiger partial charge in [-0.3, -0.25) is 5.01 Å². The summed E-state index contributed by atoms with van der Waals surface area (Å²) in [6.45, 7) is 14.3. The number of nitrogens with zero attached hydrogens (tertiary/aromatic N) is 3. The maximum atomic E-state index is 12.1. The van der Waals surface area contributed by atoms with Crippen LogP contribution in [-0.4, -0.2) is 41.4 Å². The molecule has 1 aromatic carbocycles. The van der Waals surface area contributed by atoms with Crippen LogP contribution >= 0.6 is 7.14 Å². The molecular formula is C17H24N5OPU. The fourth-order valence-electron chi connectivity index (χ4n) is 2.02. The van der Waals surface area contributed by atoms with Gasteiger partial charge in [0.1, 0.15) is 13.0 Å². The van der Waals surface area contributed by atoms with E-state index in [1.54, 1.807) is 19.5 Å². The van der Waals surface area contributed by atoms with E-state index in [1.807, 2.05) is 36.2 Å². The summed E-state index contributed by atoms with van der Waals surface area (Å²) >= 11 is 0. The van der Waals surface area contributed by atoms with Crippen LogP contribution in [0.25, 0.3) is 0 Å². The second-order valence-electron chi connectivity index (χ2n) is 5.85. The van der Waals surface area contributed by atoms with Gasteiger partial charge in [0.05, 0.1) is 0 Å². The van der Waals surface area contributed by atoms with Gasteiger partial charge in [0, 0.05) is 22.8 Å². The molecule has 0 saturated heterocycles. The summed E-state index contributed by atoms with van der Waals surface area (Å²) in [5, 5.41) is 5.86. The van der Waals surface area contributed by atoms with Crippen molar-refractivity contribution < 1.29 is 35.7 Å². The van der Waals surface area contributed by atoms with E-state index in [-0.39, 0.29) is 31.1 Å². The van der Waals surface area contributed by atoms with Crippen LogP contribution in [0.15, 0.2) is 30.5 Å². The molecule has 0 aliphatic rings. The average molecular weight is 583 g/mol. The fraction of sp³-hybridized carbons (Fsp3) is 0.294. The molecule has 1 heterocycles. The van der Waals surface area contributed by atoms with Gasteiger partial charge < -0.3 is 29.2 Å². The van der Waals surface area contributed by atoms with Crippen LogP contribution in [-0.2, 0) is 4.57 Å². The topological polar surface area (TPSA) is 70.2 Å². The van der Waals surface area contributed by atoms with Gasteiger partial charge in [0.2, 0.25) is 5.95 Å². The van der Waals surface area contributed by atoms with E-state index in [4.69, 9.17) is 0 Å². The van der Waals surface area contributed by atoms with E-state index in [0.717, 1.165) is 16.6 Å². The zero-order valence-electron chi connectivity index (χ0n) is 14.9. The van der Waals surface area contributed by atoms with E-state index >= 15 is 0 Å². The molecule has 2 rings (SSSR count). The van der Waals surface area contributed by atoms with Crippen LogP contribution in [0, 0.1) is 51.9 Å². The average Bonchev–Trinajstić information content (AvgIpc) is 2.55. The third kappa shape index (κ3) is 6.42. The summed E-state index contributed by atoms with van der Waals surface area (Å²) in [4.78, 5) is 8.79. The van der Waals surface area contributed by atoms with Gasteiger partial charge in [-0.1, -0.05) is 0 Å². The van der Waals surface area contributed by atoms with Gasteiger partial charge in [-0.05, 0) is 44.5 Å². The van der Waals surface area contributed by atoms with Gasteiger partial charge >= 0.3 is 31.1 Å². The Kier molecular flexibility index (Phi) is 8.64. The normalized spacial score (nSPS) is 11.1. The molecule has 0 aliphatic heterocycles. The van der Waals surface area contributed by atoms with Crippen LogP contribution in [0.2, 0.25) is 0 Å². The molecule has 132 valence electrons. The number of aryl methyl sites for hydroxylation is 1. The molecule has 0 saturated carbocycles. The molecule has 0 radical (unpaired) electrons. The summed E-state index contributed by atoms with van der Waals surface area (Å²) < 4.78 is 12.1. The molecule has 0 bridgehead atoms. The minimum Gasteiger partial charge on any atom is -0.328 e. The number of anilines is 3. The Labute approximate surface area is 173 Å². The van der Waals surface area contributed by atoms with Crippen molar-refractivity contribution in [3.63, 3.8) is 0 Å². The molecule has 25 heavy (non-hydrogen) atoms. The van der Waals surface area contributed by atoms with Crippen molar-refractivity contribution in [1.82, 2.24) is 15.0 Å². The number of hydrazine groups is 1. The van der Waals surface area contributed by atoms with Crippen molar-refractivity contribution >= 4 is 29.9 Å². The number of hydrogen-bond donors (Lipinski definition) is 2. The van der Waals surface area contributed by atoms with Gasteiger partial charge in [0.15, 0.2) is 0 Å². The molecule has 0 fully saturated rings. The Hall–Kier alpha value is -0.858. The van der Waals surface area contributed by atoms with Crippen LogP contribution in [0.1, 0.15) is 5.56 Å². The Morgan fingerprint density at radius 2 is 1.76 bits per heavy atom. The van der Waals surface area contributed by atoms with Crippen molar-refractivity contribution in [2.75, 3.05) is 37.2 Å². The van der Waals surface area contributed by atoms with Crippen molar-refractivity contribution in [3.8, 4) is 0 Å². The molecule has 2 aromatic rings. The van der Waals surface area contributed by atoms with Crippen molar-refractivity contribution in [2.24, 2.45) is 0 Å². The van der Waals surface area contributed by atoms with E-state index in [9.17, 15) is 4.57 Å². The maximum absolute atomic E-state index is 12.1. The number of aromatic nitrogens is 2. The molecule has 0 spiro atoms. The summed E-state index contributed by atoms with van der Waals surface area (Å²) in [5.74, 6) is 1.20. The first kappa shape index (κ1) is 22.2. The summed E-state index contributed by atoms with van der Waals surface area (Å²) in [7, 11) is -2.24. The zero-order valence-corrected chi connectivity index (χ0v) is 20.0. The summed E-state index contributed by atoms with van der Waals surface area (Å²) in [6.07, 6.45) is 1.75. The van der Waals surface area contributed by atoms with Crippen LogP contribution in [0.5, 0.6) is 0 Å². The van der Waals surface area contributed by atoms with Crippen molar-refractivity contribution in [1.29, 1.82) is 0 Å². The molecule has 0 atom stereocenters.